The smallest absolute Gasteiger partial charge is 0.378 e. The zero-order valence-corrected chi connectivity index (χ0v) is 18.3. The summed E-state index contributed by atoms with van der Waals surface area (Å²) in [6.07, 6.45) is -5.14. The highest BCUT2D eigenvalue weighted by molar-refractivity contribution is 6.31. The summed E-state index contributed by atoms with van der Waals surface area (Å²) in [5.41, 5.74) is 3.84. The highest BCUT2D eigenvalue weighted by atomic mass is 35.5. The minimum absolute atomic E-state index is 0.0258. The summed E-state index contributed by atoms with van der Waals surface area (Å²) in [5, 5.41) is -0.162. The number of hydrogen-bond acceptors (Lipinski definition) is 4. The van der Waals surface area contributed by atoms with E-state index in [2.05, 4.69) is 0 Å². The minimum Gasteiger partial charge on any atom is -0.378 e. The predicted octanol–water partition coefficient (Wildman–Crippen LogP) is 3.26. The molecule has 1 aliphatic heterocycles. The number of anilines is 1. The first-order valence-corrected chi connectivity index (χ1v) is 10.3. The van der Waals surface area contributed by atoms with E-state index in [9.17, 15) is 31.9 Å². The number of halogens is 5. The standard InChI is InChI=1S/C21H19ClF4N4O4/c22-16-11-15(5-6-17(16)23)30(20(33)29-7-9-34-10-8-29)12-13-1-3-14(4-2-13)18(31)27-28-19(32)21(24,25)26/h1-6,11H,7-10,12H2,(H,27,31)(H,28,32). The molecule has 8 nitrogen and oxygen atoms in total. The molecule has 1 aliphatic rings. The number of alkyl halides is 3. The molecule has 182 valence electrons. The molecule has 0 aromatic heterocycles. The number of hydrazine groups is 1. The van der Waals surface area contributed by atoms with E-state index >= 15 is 0 Å². The Labute approximate surface area is 196 Å². The van der Waals surface area contributed by atoms with Crippen molar-refractivity contribution in [2.45, 2.75) is 12.7 Å². The molecule has 2 aromatic carbocycles. The molecule has 2 N–H and O–H groups in total. The Balaban J connectivity index is 1.75. The van der Waals surface area contributed by atoms with E-state index < -0.39 is 23.8 Å². The van der Waals surface area contributed by atoms with Gasteiger partial charge in [-0.15, -0.1) is 0 Å². The Morgan fingerprint density at radius 3 is 2.26 bits per heavy atom. The van der Waals surface area contributed by atoms with Gasteiger partial charge in [-0.3, -0.25) is 25.3 Å². The van der Waals surface area contributed by atoms with Gasteiger partial charge in [-0.2, -0.15) is 13.2 Å². The van der Waals surface area contributed by atoms with Gasteiger partial charge in [0, 0.05) is 24.3 Å². The molecule has 34 heavy (non-hydrogen) atoms. The molecule has 0 unspecified atom stereocenters. The van der Waals surface area contributed by atoms with E-state index in [0.29, 0.717) is 37.6 Å². The van der Waals surface area contributed by atoms with Crippen LogP contribution in [0.1, 0.15) is 15.9 Å². The lowest BCUT2D eigenvalue weighted by Gasteiger charge is -2.33. The molecule has 0 radical (unpaired) electrons. The molecular weight excluding hydrogens is 484 g/mol. The second kappa shape index (κ2) is 10.7. The van der Waals surface area contributed by atoms with Crippen LogP contribution in [-0.2, 0) is 16.1 Å². The topological polar surface area (TPSA) is 91.0 Å². The van der Waals surface area contributed by atoms with Crippen LogP contribution >= 0.6 is 11.6 Å². The van der Waals surface area contributed by atoms with Crippen LogP contribution in [0.15, 0.2) is 42.5 Å². The van der Waals surface area contributed by atoms with Gasteiger partial charge in [0.25, 0.3) is 5.91 Å². The first kappa shape index (κ1) is 25.2. The molecular formula is C21H19ClF4N4O4. The average Bonchev–Trinajstić information content (AvgIpc) is 2.82. The van der Waals surface area contributed by atoms with Crippen molar-refractivity contribution in [1.82, 2.24) is 15.8 Å². The number of rotatable bonds is 4. The Kier molecular flexibility index (Phi) is 7.94. The second-order valence-electron chi connectivity index (χ2n) is 7.17. The summed E-state index contributed by atoms with van der Waals surface area (Å²) in [4.78, 5) is 38.9. The summed E-state index contributed by atoms with van der Waals surface area (Å²) in [5.74, 6) is -3.92. The van der Waals surface area contributed by atoms with Crippen LogP contribution in [-0.4, -0.2) is 55.2 Å². The summed E-state index contributed by atoms with van der Waals surface area (Å²) in [6, 6.07) is 9.13. The number of carbonyl (C=O) groups excluding carboxylic acids is 3. The number of benzene rings is 2. The number of nitrogens with zero attached hydrogens (tertiary/aromatic N) is 2. The summed E-state index contributed by atoms with van der Waals surface area (Å²) in [7, 11) is 0. The SMILES string of the molecule is O=C(NNC(=O)C(F)(F)F)c1ccc(CN(C(=O)N2CCOCC2)c2ccc(F)c(Cl)c2)cc1. The molecule has 0 aliphatic carbocycles. The third-order valence-corrected chi connectivity index (χ3v) is 5.12. The summed E-state index contributed by atoms with van der Waals surface area (Å²) < 4.78 is 55.6. The number of amides is 4. The third kappa shape index (κ3) is 6.35. The van der Waals surface area contributed by atoms with Crippen molar-refractivity contribution in [2.75, 3.05) is 31.2 Å². The fraction of sp³-hybridized carbons (Fsp3) is 0.286. The number of hydrogen-bond donors (Lipinski definition) is 2. The Bertz CT molecular complexity index is 1060. The van der Waals surface area contributed by atoms with Gasteiger partial charge in [0.2, 0.25) is 0 Å². The van der Waals surface area contributed by atoms with Gasteiger partial charge in [0.1, 0.15) is 5.82 Å². The summed E-state index contributed by atoms with van der Waals surface area (Å²) in [6.45, 7) is 1.52. The normalized spacial score (nSPS) is 13.9. The molecule has 4 amide bonds. The Morgan fingerprint density at radius 2 is 1.68 bits per heavy atom. The molecule has 0 spiro atoms. The van der Waals surface area contributed by atoms with Crippen molar-refractivity contribution in [1.29, 1.82) is 0 Å². The number of morpholine rings is 1. The van der Waals surface area contributed by atoms with Crippen molar-refractivity contribution in [3.05, 3.63) is 64.4 Å². The highest BCUT2D eigenvalue weighted by Crippen LogP contribution is 2.25. The lowest BCUT2D eigenvalue weighted by atomic mass is 10.1. The van der Waals surface area contributed by atoms with E-state index in [1.54, 1.807) is 10.3 Å². The maximum Gasteiger partial charge on any atom is 0.472 e. The average molecular weight is 503 g/mol. The Morgan fingerprint density at radius 1 is 1.03 bits per heavy atom. The van der Waals surface area contributed by atoms with Crippen molar-refractivity contribution in [3.63, 3.8) is 0 Å². The molecule has 0 saturated carbocycles. The largest absolute Gasteiger partial charge is 0.472 e. The van der Waals surface area contributed by atoms with E-state index in [0.717, 1.165) is 6.07 Å². The van der Waals surface area contributed by atoms with Crippen LogP contribution in [0, 0.1) is 5.82 Å². The van der Waals surface area contributed by atoms with Gasteiger partial charge in [-0.05, 0) is 35.9 Å². The zero-order chi connectivity index (χ0) is 24.9. The minimum atomic E-state index is -5.14. The van der Waals surface area contributed by atoms with Gasteiger partial charge in [0.05, 0.1) is 24.8 Å². The van der Waals surface area contributed by atoms with Gasteiger partial charge < -0.3 is 9.64 Å². The quantitative estimate of drug-likeness (QED) is 0.496. The van der Waals surface area contributed by atoms with Gasteiger partial charge >= 0.3 is 18.1 Å². The number of carbonyl (C=O) groups is 3. The highest BCUT2D eigenvalue weighted by Gasteiger charge is 2.39. The number of urea groups is 1. The number of nitrogens with one attached hydrogen (secondary N) is 2. The van der Waals surface area contributed by atoms with Crippen molar-refractivity contribution in [2.24, 2.45) is 0 Å². The molecule has 3 rings (SSSR count). The molecule has 1 fully saturated rings. The van der Waals surface area contributed by atoms with Crippen LogP contribution < -0.4 is 15.8 Å². The van der Waals surface area contributed by atoms with Crippen molar-refractivity contribution < 1.29 is 36.7 Å². The van der Waals surface area contributed by atoms with Crippen molar-refractivity contribution in [3.8, 4) is 0 Å². The van der Waals surface area contributed by atoms with Gasteiger partial charge in [0.15, 0.2) is 0 Å². The fourth-order valence-electron chi connectivity index (χ4n) is 3.05. The first-order chi connectivity index (χ1) is 16.1. The first-order valence-electron chi connectivity index (χ1n) is 9.92. The lowest BCUT2D eigenvalue weighted by Crippen LogP contribution is -2.48. The predicted molar refractivity (Wildman–Crippen MR) is 113 cm³/mol. The third-order valence-electron chi connectivity index (χ3n) is 4.83. The van der Waals surface area contributed by atoms with Crippen LogP contribution in [0.3, 0.4) is 0 Å². The van der Waals surface area contributed by atoms with E-state index in [4.69, 9.17) is 16.3 Å². The van der Waals surface area contributed by atoms with Crippen LogP contribution in [0.2, 0.25) is 5.02 Å². The molecule has 1 saturated heterocycles. The van der Waals surface area contributed by atoms with Gasteiger partial charge in [-0.25, -0.2) is 9.18 Å². The van der Waals surface area contributed by atoms with E-state index in [1.807, 2.05) is 0 Å². The maximum absolute atomic E-state index is 13.7. The molecule has 13 heteroatoms. The second-order valence-corrected chi connectivity index (χ2v) is 7.58. The van der Waals surface area contributed by atoms with Gasteiger partial charge in [-0.1, -0.05) is 23.7 Å². The maximum atomic E-state index is 13.7. The Hall–Kier alpha value is -3.38. The monoisotopic (exact) mass is 502 g/mol. The molecule has 0 bridgehead atoms. The zero-order valence-electron chi connectivity index (χ0n) is 17.5. The molecule has 2 aromatic rings. The number of ether oxygens (including phenoxy) is 1. The van der Waals surface area contributed by atoms with E-state index in [-0.39, 0.29) is 23.2 Å². The van der Waals surface area contributed by atoms with Crippen LogP contribution in [0.4, 0.5) is 28.0 Å². The fourth-order valence-corrected chi connectivity index (χ4v) is 3.22. The van der Waals surface area contributed by atoms with Crippen molar-refractivity contribution >= 4 is 35.1 Å². The van der Waals surface area contributed by atoms with E-state index in [1.165, 1.54) is 46.7 Å². The molecule has 1 heterocycles. The summed E-state index contributed by atoms with van der Waals surface area (Å²) >= 11 is 5.90. The van der Waals surface area contributed by atoms with Crippen LogP contribution in [0.5, 0.6) is 0 Å². The van der Waals surface area contributed by atoms with Crippen LogP contribution in [0.25, 0.3) is 0 Å². The lowest BCUT2D eigenvalue weighted by molar-refractivity contribution is -0.174. The molecule has 0 atom stereocenters.